The summed E-state index contributed by atoms with van der Waals surface area (Å²) in [5.41, 5.74) is 0.566. The van der Waals surface area contributed by atoms with E-state index in [0.717, 1.165) is 24.4 Å². The van der Waals surface area contributed by atoms with Crippen LogP contribution in [0.15, 0.2) is 60.0 Å². The molecule has 3 aromatic rings. The van der Waals surface area contributed by atoms with Gasteiger partial charge in [-0.1, -0.05) is 6.07 Å². The first kappa shape index (κ1) is 18.1. The third-order valence-electron chi connectivity index (χ3n) is 5.03. The van der Waals surface area contributed by atoms with Gasteiger partial charge in [-0.05, 0) is 31.0 Å². The van der Waals surface area contributed by atoms with Crippen molar-refractivity contribution in [2.24, 2.45) is 0 Å². The third-order valence-corrected chi connectivity index (χ3v) is 5.03. The SMILES string of the molecule is O=C(Cn1cccnc1=O)N1CCCC(c2nccn2Cc2ccccn2)C1. The van der Waals surface area contributed by atoms with E-state index in [0.29, 0.717) is 19.6 Å². The van der Waals surface area contributed by atoms with E-state index in [1.807, 2.05) is 29.3 Å². The Morgan fingerprint density at radius 1 is 1.04 bits per heavy atom. The van der Waals surface area contributed by atoms with Crippen LogP contribution < -0.4 is 5.69 Å². The summed E-state index contributed by atoms with van der Waals surface area (Å²) >= 11 is 0. The predicted molar refractivity (Wildman–Crippen MR) is 103 cm³/mol. The van der Waals surface area contributed by atoms with E-state index >= 15 is 0 Å². The zero-order valence-electron chi connectivity index (χ0n) is 15.5. The summed E-state index contributed by atoms with van der Waals surface area (Å²) in [5.74, 6) is 1.08. The number of carbonyl (C=O) groups is 1. The van der Waals surface area contributed by atoms with Gasteiger partial charge in [0.05, 0.1) is 12.2 Å². The van der Waals surface area contributed by atoms with E-state index in [-0.39, 0.29) is 18.4 Å². The number of imidazole rings is 1. The third kappa shape index (κ3) is 4.00. The molecule has 4 rings (SSSR count). The van der Waals surface area contributed by atoms with Crippen molar-refractivity contribution in [3.05, 3.63) is 77.3 Å². The van der Waals surface area contributed by atoms with Crippen molar-refractivity contribution in [2.75, 3.05) is 13.1 Å². The van der Waals surface area contributed by atoms with Crippen molar-refractivity contribution in [3.63, 3.8) is 0 Å². The van der Waals surface area contributed by atoms with Gasteiger partial charge < -0.3 is 9.47 Å². The van der Waals surface area contributed by atoms with E-state index < -0.39 is 5.69 Å². The maximum atomic E-state index is 12.7. The molecule has 0 spiro atoms. The van der Waals surface area contributed by atoms with Gasteiger partial charge in [-0.2, -0.15) is 0 Å². The van der Waals surface area contributed by atoms with E-state index in [2.05, 4.69) is 19.5 Å². The molecular weight excluding hydrogens is 356 g/mol. The molecule has 0 radical (unpaired) electrons. The number of pyridine rings is 1. The van der Waals surface area contributed by atoms with Crippen LogP contribution in [0.5, 0.6) is 0 Å². The van der Waals surface area contributed by atoms with E-state index in [9.17, 15) is 9.59 Å². The smallest absolute Gasteiger partial charge is 0.340 e. The van der Waals surface area contributed by atoms with Gasteiger partial charge in [0.15, 0.2) is 0 Å². The molecule has 1 fully saturated rings. The summed E-state index contributed by atoms with van der Waals surface area (Å²) in [6.45, 7) is 1.98. The fourth-order valence-electron chi connectivity index (χ4n) is 3.65. The number of aromatic nitrogens is 5. The molecule has 0 bridgehead atoms. The van der Waals surface area contributed by atoms with Gasteiger partial charge >= 0.3 is 5.69 Å². The molecule has 0 N–H and O–H groups in total. The Kier molecular flexibility index (Phi) is 5.27. The van der Waals surface area contributed by atoms with Crippen LogP contribution in [-0.4, -0.2) is 48.0 Å². The zero-order valence-corrected chi connectivity index (χ0v) is 15.5. The maximum Gasteiger partial charge on any atom is 0.347 e. The Morgan fingerprint density at radius 3 is 2.75 bits per heavy atom. The Bertz CT molecular complexity index is 997. The molecule has 8 heteroatoms. The average molecular weight is 378 g/mol. The van der Waals surface area contributed by atoms with Gasteiger partial charge in [-0.25, -0.2) is 14.8 Å². The Balaban J connectivity index is 1.46. The minimum absolute atomic E-state index is 0.0156. The van der Waals surface area contributed by atoms with Crippen LogP contribution in [0.3, 0.4) is 0 Å². The van der Waals surface area contributed by atoms with Crippen LogP contribution >= 0.6 is 0 Å². The quantitative estimate of drug-likeness (QED) is 0.668. The standard InChI is InChI=1S/C20H22N6O2/c27-18(15-26-11-4-8-23-20(26)28)24-10-3-5-16(13-24)19-22-9-12-25(19)14-17-6-1-2-7-21-17/h1-2,4,6-9,11-12,16H,3,5,10,13-15H2. The lowest BCUT2D eigenvalue weighted by Crippen LogP contribution is -2.42. The lowest BCUT2D eigenvalue weighted by atomic mass is 9.97. The van der Waals surface area contributed by atoms with Crippen molar-refractivity contribution in [1.29, 1.82) is 0 Å². The van der Waals surface area contributed by atoms with Gasteiger partial charge in [0.25, 0.3) is 0 Å². The molecule has 1 saturated heterocycles. The molecule has 28 heavy (non-hydrogen) atoms. The molecule has 0 aromatic carbocycles. The second-order valence-corrected chi connectivity index (χ2v) is 6.94. The van der Waals surface area contributed by atoms with Crippen molar-refractivity contribution in [2.45, 2.75) is 31.8 Å². The molecule has 1 atom stereocenters. The molecule has 1 aliphatic rings. The summed E-state index contributed by atoms with van der Waals surface area (Å²) in [6.07, 6.45) is 10.5. The molecule has 8 nitrogen and oxygen atoms in total. The summed E-state index contributed by atoms with van der Waals surface area (Å²) in [5, 5.41) is 0. The number of hydrogen-bond donors (Lipinski definition) is 0. The monoisotopic (exact) mass is 378 g/mol. The van der Waals surface area contributed by atoms with E-state index in [1.165, 1.54) is 10.8 Å². The normalized spacial score (nSPS) is 16.9. The number of hydrogen-bond acceptors (Lipinski definition) is 5. The molecule has 1 aliphatic heterocycles. The molecule has 0 saturated carbocycles. The molecule has 0 aliphatic carbocycles. The molecule has 144 valence electrons. The van der Waals surface area contributed by atoms with Crippen LogP contribution in [0.2, 0.25) is 0 Å². The molecular formula is C20H22N6O2. The predicted octanol–water partition coefficient (Wildman–Crippen LogP) is 1.29. The van der Waals surface area contributed by atoms with Gasteiger partial charge in [-0.3, -0.25) is 14.3 Å². The van der Waals surface area contributed by atoms with Gasteiger partial charge in [0.2, 0.25) is 5.91 Å². The minimum atomic E-state index is -0.407. The number of piperidine rings is 1. The summed E-state index contributed by atoms with van der Waals surface area (Å²) < 4.78 is 3.44. The minimum Gasteiger partial charge on any atom is -0.340 e. The van der Waals surface area contributed by atoms with Crippen LogP contribution in [0, 0.1) is 0 Å². The fraction of sp³-hybridized carbons (Fsp3) is 0.350. The average Bonchev–Trinajstić information content (AvgIpc) is 3.19. The highest BCUT2D eigenvalue weighted by atomic mass is 16.2. The number of rotatable bonds is 5. The largest absolute Gasteiger partial charge is 0.347 e. The fourth-order valence-corrected chi connectivity index (χ4v) is 3.65. The first-order chi connectivity index (χ1) is 13.7. The zero-order chi connectivity index (χ0) is 19.3. The van der Waals surface area contributed by atoms with Gasteiger partial charge in [0, 0.05) is 50.0 Å². The van der Waals surface area contributed by atoms with Crippen LogP contribution in [0.4, 0.5) is 0 Å². The second-order valence-electron chi connectivity index (χ2n) is 6.94. The van der Waals surface area contributed by atoms with Crippen LogP contribution in [0.1, 0.15) is 30.3 Å². The summed E-state index contributed by atoms with van der Waals surface area (Å²) in [6, 6.07) is 7.52. The van der Waals surface area contributed by atoms with Crippen molar-refractivity contribution in [1.82, 2.24) is 29.0 Å². The maximum absolute atomic E-state index is 12.7. The number of amides is 1. The van der Waals surface area contributed by atoms with Crippen LogP contribution in [-0.2, 0) is 17.9 Å². The molecule has 1 amide bonds. The van der Waals surface area contributed by atoms with Crippen LogP contribution in [0.25, 0.3) is 0 Å². The number of likely N-dealkylation sites (tertiary alicyclic amines) is 1. The first-order valence-corrected chi connectivity index (χ1v) is 9.41. The lowest BCUT2D eigenvalue weighted by molar-refractivity contribution is -0.133. The highest BCUT2D eigenvalue weighted by Crippen LogP contribution is 2.26. The second kappa shape index (κ2) is 8.16. The highest BCUT2D eigenvalue weighted by molar-refractivity contribution is 5.76. The van der Waals surface area contributed by atoms with Crippen molar-refractivity contribution in [3.8, 4) is 0 Å². The Hall–Kier alpha value is -3.29. The van der Waals surface area contributed by atoms with E-state index in [1.54, 1.807) is 24.7 Å². The first-order valence-electron chi connectivity index (χ1n) is 9.41. The van der Waals surface area contributed by atoms with E-state index in [4.69, 9.17) is 0 Å². The summed E-state index contributed by atoms with van der Waals surface area (Å²) in [4.78, 5) is 39.0. The van der Waals surface area contributed by atoms with Gasteiger partial charge in [-0.15, -0.1) is 0 Å². The van der Waals surface area contributed by atoms with Crippen molar-refractivity contribution < 1.29 is 4.79 Å². The highest BCUT2D eigenvalue weighted by Gasteiger charge is 2.27. The summed E-state index contributed by atoms with van der Waals surface area (Å²) in [7, 11) is 0. The lowest BCUT2D eigenvalue weighted by Gasteiger charge is -2.32. The molecule has 3 aromatic heterocycles. The molecule has 4 heterocycles. The van der Waals surface area contributed by atoms with Gasteiger partial charge in [0.1, 0.15) is 12.4 Å². The Labute approximate surface area is 162 Å². The topological polar surface area (TPSA) is 85.9 Å². The number of carbonyl (C=O) groups excluding carboxylic acids is 1. The Morgan fingerprint density at radius 2 is 1.93 bits per heavy atom. The molecule has 1 unspecified atom stereocenters. The number of nitrogens with zero attached hydrogens (tertiary/aromatic N) is 6. The van der Waals surface area contributed by atoms with Crippen molar-refractivity contribution >= 4 is 5.91 Å².